The van der Waals surface area contributed by atoms with Gasteiger partial charge in [-0.2, -0.15) is 5.26 Å². The summed E-state index contributed by atoms with van der Waals surface area (Å²) in [7, 11) is -1.84. The van der Waals surface area contributed by atoms with Crippen LogP contribution in [0, 0.1) is 11.3 Å². The maximum absolute atomic E-state index is 12.0. The Bertz CT molecular complexity index is 518. The zero-order chi connectivity index (χ0) is 12.9. The Hall–Kier alpha value is -1.54. The van der Waals surface area contributed by atoms with E-state index in [1.807, 2.05) is 13.0 Å². The number of benzene rings is 1. The number of hydrogen-bond acceptors (Lipinski definition) is 3. The number of para-hydroxylation sites is 1. The molecule has 17 heavy (non-hydrogen) atoms. The molecule has 1 rings (SSSR count). The van der Waals surface area contributed by atoms with Gasteiger partial charge < -0.3 is 0 Å². The van der Waals surface area contributed by atoms with Crippen LogP contribution < -0.4 is 4.31 Å². The minimum atomic E-state index is -3.33. The average molecular weight is 252 g/mol. The van der Waals surface area contributed by atoms with E-state index in [0.717, 1.165) is 6.42 Å². The molecule has 92 valence electrons. The first kappa shape index (κ1) is 13.5. The SMILES string of the molecule is CCCCS(=O)(=O)N(C)c1ccccc1C#N. The van der Waals surface area contributed by atoms with E-state index in [1.54, 1.807) is 24.3 Å². The third kappa shape index (κ3) is 3.21. The number of unbranched alkanes of at least 4 members (excludes halogenated alkanes) is 1. The Balaban J connectivity index is 3.04. The summed E-state index contributed by atoms with van der Waals surface area (Å²) in [4.78, 5) is 0. The molecule has 0 aliphatic rings. The largest absolute Gasteiger partial charge is 0.272 e. The average Bonchev–Trinajstić information content (AvgIpc) is 2.35. The van der Waals surface area contributed by atoms with E-state index < -0.39 is 10.0 Å². The lowest BCUT2D eigenvalue weighted by molar-refractivity contribution is 0.591. The smallest absolute Gasteiger partial charge is 0.234 e. The van der Waals surface area contributed by atoms with Crippen LogP contribution >= 0.6 is 0 Å². The van der Waals surface area contributed by atoms with Gasteiger partial charge in [-0.25, -0.2) is 8.42 Å². The minimum absolute atomic E-state index is 0.111. The zero-order valence-electron chi connectivity index (χ0n) is 10.0. The first-order valence-electron chi connectivity index (χ1n) is 5.48. The normalized spacial score (nSPS) is 10.9. The van der Waals surface area contributed by atoms with Gasteiger partial charge in [-0.15, -0.1) is 0 Å². The Morgan fingerprint density at radius 2 is 2.00 bits per heavy atom. The van der Waals surface area contributed by atoms with Gasteiger partial charge in [0.25, 0.3) is 0 Å². The van der Waals surface area contributed by atoms with E-state index >= 15 is 0 Å². The molecule has 0 bridgehead atoms. The van der Waals surface area contributed by atoms with Crippen LogP contribution in [0.4, 0.5) is 5.69 Å². The standard InChI is InChI=1S/C12H16N2O2S/c1-3-4-9-17(15,16)14(2)12-8-6-5-7-11(12)10-13/h5-8H,3-4,9H2,1-2H3. The van der Waals surface area contributed by atoms with Crippen molar-refractivity contribution in [1.29, 1.82) is 5.26 Å². The van der Waals surface area contributed by atoms with Crippen LogP contribution in [0.15, 0.2) is 24.3 Å². The van der Waals surface area contributed by atoms with Crippen molar-refractivity contribution in [2.75, 3.05) is 17.1 Å². The van der Waals surface area contributed by atoms with E-state index in [1.165, 1.54) is 11.4 Å². The predicted molar refractivity (Wildman–Crippen MR) is 68.3 cm³/mol. The maximum Gasteiger partial charge on any atom is 0.234 e. The van der Waals surface area contributed by atoms with Crippen LogP contribution in [0.2, 0.25) is 0 Å². The Kier molecular flexibility index (Phi) is 4.53. The molecule has 0 radical (unpaired) electrons. The van der Waals surface area contributed by atoms with Crippen molar-refractivity contribution in [3.63, 3.8) is 0 Å². The molecule has 0 aliphatic carbocycles. The highest BCUT2D eigenvalue weighted by Crippen LogP contribution is 2.21. The number of sulfonamides is 1. The van der Waals surface area contributed by atoms with Crippen molar-refractivity contribution in [1.82, 2.24) is 0 Å². The second-order valence-electron chi connectivity index (χ2n) is 3.77. The van der Waals surface area contributed by atoms with E-state index in [-0.39, 0.29) is 5.75 Å². The molecule has 0 N–H and O–H groups in total. The van der Waals surface area contributed by atoms with Gasteiger partial charge in [0.1, 0.15) is 6.07 Å². The fourth-order valence-electron chi connectivity index (χ4n) is 1.46. The lowest BCUT2D eigenvalue weighted by atomic mass is 10.2. The topological polar surface area (TPSA) is 61.2 Å². The van der Waals surface area contributed by atoms with E-state index in [9.17, 15) is 8.42 Å². The quantitative estimate of drug-likeness (QED) is 0.806. The summed E-state index contributed by atoms with van der Waals surface area (Å²) in [5, 5.41) is 8.94. The third-order valence-corrected chi connectivity index (χ3v) is 4.37. The maximum atomic E-state index is 12.0. The molecule has 0 spiro atoms. The molecular weight excluding hydrogens is 236 g/mol. The van der Waals surface area contributed by atoms with E-state index in [4.69, 9.17) is 5.26 Å². The minimum Gasteiger partial charge on any atom is -0.272 e. The second-order valence-corrected chi connectivity index (χ2v) is 5.89. The van der Waals surface area contributed by atoms with Crippen molar-refractivity contribution in [2.24, 2.45) is 0 Å². The van der Waals surface area contributed by atoms with Crippen molar-refractivity contribution < 1.29 is 8.42 Å². The summed E-state index contributed by atoms with van der Waals surface area (Å²) in [6, 6.07) is 8.69. The Morgan fingerprint density at radius 3 is 2.59 bits per heavy atom. The number of nitrogens with zero attached hydrogens (tertiary/aromatic N) is 2. The lowest BCUT2D eigenvalue weighted by Gasteiger charge is -2.20. The van der Waals surface area contributed by atoms with Gasteiger partial charge in [0, 0.05) is 7.05 Å². The summed E-state index contributed by atoms with van der Waals surface area (Å²) >= 11 is 0. The fourth-order valence-corrected chi connectivity index (χ4v) is 2.84. The third-order valence-electron chi connectivity index (χ3n) is 2.54. The number of anilines is 1. The van der Waals surface area contributed by atoms with Crippen LogP contribution in [-0.2, 0) is 10.0 Å². The number of rotatable bonds is 5. The Morgan fingerprint density at radius 1 is 1.35 bits per heavy atom. The van der Waals surface area contributed by atoms with Gasteiger partial charge in [-0.3, -0.25) is 4.31 Å². The van der Waals surface area contributed by atoms with Gasteiger partial charge in [-0.1, -0.05) is 25.5 Å². The van der Waals surface area contributed by atoms with Crippen LogP contribution in [0.5, 0.6) is 0 Å². The highest BCUT2D eigenvalue weighted by molar-refractivity contribution is 7.92. The monoisotopic (exact) mass is 252 g/mol. The van der Waals surface area contributed by atoms with E-state index in [0.29, 0.717) is 17.7 Å². The molecule has 0 atom stereocenters. The molecule has 0 fully saturated rings. The predicted octanol–water partition coefficient (Wildman–Crippen LogP) is 2.12. The first-order chi connectivity index (χ1) is 8.03. The fraction of sp³-hybridized carbons (Fsp3) is 0.417. The van der Waals surface area contributed by atoms with Gasteiger partial charge in [0.2, 0.25) is 10.0 Å². The first-order valence-corrected chi connectivity index (χ1v) is 7.09. The molecule has 0 saturated heterocycles. The molecular formula is C12H16N2O2S. The molecule has 0 heterocycles. The molecule has 5 heteroatoms. The zero-order valence-corrected chi connectivity index (χ0v) is 10.9. The van der Waals surface area contributed by atoms with Crippen molar-refractivity contribution in [3.05, 3.63) is 29.8 Å². The van der Waals surface area contributed by atoms with Crippen LogP contribution in [0.1, 0.15) is 25.3 Å². The van der Waals surface area contributed by atoms with Crippen molar-refractivity contribution in [2.45, 2.75) is 19.8 Å². The summed E-state index contributed by atoms with van der Waals surface area (Å²) in [6.45, 7) is 1.94. The van der Waals surface area contributed by atoms with Gasteiger partial charge in [0.05, 0.1) is 17.0 Å². The summed E-state index contributed by atoms with van der Waals surface area (Å²) in [6.07, 6.45) is 1.45. The van der Waals surface area contributed by atoms with E-state index in [2.05, 4.69) is 0 Å². The van der Waals surface area contributed by atoms with Crippen molar-refractivity contribution >= 4 is 15.7 Å². The molecule has 0 unspecified atom stereocenters. The van der Waals surface area contributed by atoms with Crippen molar-refractivity contribution in [3.8, 4) is 6.07 Å². The summed E-state index contributed by atoms with van der Waals surface area (Å²) in [5.74, 6) is 0.111. The van der Waals surface area contributed by atoms with Crippen LogP contribution in [-0.4, -0.2) is 21.2 Å². The highest BCUT2D eigenvalue weighted by atomic mass is 32.2. The van der Waals surface area contributed by atoms with Gasteiger partial charge in [-0.05, 0) is 18.6 Å². The van der Waals surface area contributed by atoms with Gasteiger partial charge >= 0.3 is 0 Å². The number of nitriles is 1. The molecule has 0 saturated carbocycles. The molecule has 1 aromatic rings. The van der Waals surface area contributed by atoms with Gasteiger partial charge in [0.15, 0.2) is 0 Å². The second kappa shape index (κ2) is 5.69. The molecule has 1 aromatic carbocycles. The summed E-state index contributed by atoms with van der Waals surface area (Å²) < 4.78 is 25.1. The molecule has 0 aliphatic heterocycles. The Labute approximate surface area is 103 Å². The molecule has 4 nitrogen and oxygen atoms in total. The lowest BCUT2D eigenvalue weighted by Crippen LogP contribution is -2.29. The molecule has 0 amide bonds. The molecule has 0 aromatic heterocycles. The van der Waals surface area contributed by atoms with Crippen LogP contribution in [0.25, 0.3) is 0 Å². The summed E-state index contributed by atoms with van der Waals surface area (Å²) in [5.41, 5.74) is 0.807. The highest BCUT2D eigenvalue weighted by Gasteiger charge is 2.19. The van der Waals surface area contributed by atoms with Crippen LogP contribution in [0.3, 0.4) is 0 Å². The number of hydrogen-bond donors (Lipinski definition) is 0.